The van der Waals surface area contributed by atoms with E-state index in [1.54, 1.807) is 45.2 Å². The molecule has 0 fully saturated rings. The highest BCUT2D eigenvalue weighted by Crippen LogP contribution is 2.34. The summed E-state index contributed by atoms with van der Waals surface area (Å²) in [6.07, 6.45) is -0.952. The van der Waals surface area contributed by atoms with Crippen LogP contribution in [0.1, 0.15) is 17.3 Å². The molecule has 0 saturated heterocycles. The molecule has 2 aromatic carbocycles. The maximum absolute atomic E-state index is 14.2. The van der Waals surface area contributed by atoms with E-state index in [1.807, 2.05) is 0 Å². The topological polar surface area (TPSA) is 145 Å². The average molecular weight is 773 g/mol. The number of halogens is 6. The molecule has 0 atom stereocenters. The highest BCUT2D eigenvalue weighted by molar-refractivity contribution is 14.1. The predicted octanol–water partition coefficient (Wildman–Crippen LogP) is 4.13. The van der Waals surface area contributed by atoms with Crippen molar-refractivity contribution in [2.24, 2.45) is 0 Å². The molecule has 17 heteroatoms. The van der Waals surface area contributed by atoms with Crippen molar-refractivity contribution < 1.29 is 59.1 Å². The third kappa shape index (κ3) is 7.51. The number of carbonyl (C=O) groups is 3. The quantitative estimate of drug-likeness (QED) is 0.0592. The molecule has 0 heterocycles. The van der Waals surface area contributed by atoms with Gasteiger partial charge in [-0.1, -0.05) is 6.58 Å². The minimum atomic E-state index is -5.69. The van der Waals surface area contributed by atoms with Gasteiger partial charge in [0.15, 0.2) is 22.3 Å². The van der Waals surface area contributed by atoms with Gasteiger partial charge in [-0.15, -0.1) is 0 Å². The second-order valence-electron chi connectivity index (χ2n) is 6.78. The molecule has 0 aliphatic rings. The first kappa shape index (κ1) is 30.7. The molecule has 2 aromatic rings. The van der Waals surface area contributed by atoms with E-state index in [0.717, 1.165) is 12.1 Å². The SMILES string of the molecule is C=C(C)C(=O)OCCNC(=O)Oc1c(I)cc(C(=O)Oc2c(F)c(F)c(S(=O)(=O)O)c(F)c2F)cc1I. The number of nitrogens with one attached hydrogen (secondary N) is 1. The van der Waals surface area contributed by atoms with Crippen LogP contribution in [0, 0.1) is 30.4 Å². The van der Waals surface area contributed by atoms with Gasteiger partial charge in [-0.05, 0) is 64.2 Å². The number of ether oxygens (including phenoxy) is 3. The monoisotopic (exact) mass is 773 g/mol. The van der Waals surface area contributed by atoms with Gasteiger partial charge in [0.05, 0.1) is 19.2 Å². The molecule has 0 spiro atoms. The number of carbonyl (C=O) groups excluding carboxylic acids is 3. The molecule has 1 amide bonds. The van der Waals surface area contributed by atoms with Crippen LogP contribution >= 0.6 is 45.2 Å². The predicted molar refractivity (Wildman–Crippen MR) is 133 cm³/mol. The van der Waals surface area contributed by atoms with Gasteiger partial charge in [0, 0.05) is 5.57 Å². The fourth-order valence-electron chi connectivity index (χ4n) is 2.38. The number of esters is 2. The summed E-state index contributed by atoms with van der Waals surface area (Å²) in [5, 5.41) is 2.31. The Labute approximate surface area is 233 Å². The summed E-state index contributed by atoms with van der Waals surface area (Å²) < 4.78 is 102. The van der Waals surface area contributed by atoms with Crippen molar-refractivity contribution in [1.29, 1.82) is 0 Å². The zero-order valence-electron chi connectivity index (χ0n) is 18.2. The van der Waals surface area contributed by atoms with Gasteiger partial charge in [-0.25, -0.2) is 23.2 Å². The summed E-state index contributed by atoms with van der Waals surface area (Å²) in [6.45, 7) is 4.57. The molecule has 0 unspecified atom stereocenters. The Hall–Kier alpha value is -2.52. The van der Waals surface area contributed by atoms with Crippen LogP contribution < -0.4 is 14.8 Å². The molecule has 200 valence electrons. The molecule has 0 saturated carbocycles. The highest BCUT2D eigenvalue weighted by atomic mass is 127. The molecule has 0 bridgehead atoms. The van der Waals surface area contributed by atoms with Crippen LogP contribution in [0.3, 0.4) is 0 Å². The van der Waals surface area contributed by atoms with E-state index >= 15 is 0 Å². The largest absolute Gasteiger partial charge is 0.460 e. The lowest BCUT2D eigenvalue weighted by molar-refractivity contribution is -0.138. The second kappa shape index (κ2) is 12.3. The third-order valence-electron chi connectivity index (χ3n) is 4.02. The van der Waals surface area contributed by atoms with Gasteiger partial charge in [-0.3, -0.25) is 4.55 Å². The zero-order valence-corrected chi connectivity index (χ0v) is 23.3. The van der Waals surface area contributed by atoms with Gasteiger partial charge in [0.1, 0.15) is 6.61 Å². The van der Waals surface area contributed by atoms with Crippen molar-refractivity contribution in [3.8, 4) is 11.5 Å². The summed E-state index contributed by atoms with van der Waals surface area (Å²) in [4.78, 5) is 33.4. The van der Waals surface area contributed by atoms with Gasteiger partial charge in [-0.2, -0.15) is 17.2 Å². The van der Waals surface area contributed by atoms with Crippen molar-refractivity contribution in [3.05, 3.63) is 60.3 Å². The molecular formula is C20H13F4I2NO9S. The molecular weight excluding hydrogens is 760 g/mol. The Kier molecular flexibility index (Phi) is 10.2. The Balaban J connectivity index is 2.19. The summed E-state index contributed by atoms with van der Waals surface area (Å²) in [7, 11) is -5.69. The van der Waals surface area contributed by atoms with E-state index in [9.17, 15) is 40.4 Å². The molecule has 0 radical (unpaired) electrons. The number of rotatable bonds is 8. The van der Waals surface area contributed by atoms with Crippen LogP contribution in [-0.2, 0) is 19.6 Å². The van der Waals surface area contributed by atoms with E-state index in [-0.39, 0.29) is 31.6 Å². The normalized spacial score (nSPS) is 11.0. The Morgan fingerprint density at radius 1 is 0.973 bits per heavy atom. The van der Waals surface area contributed by atoms with Crippen LogP contribution in [0.4, 0.5) is 22.4 Å². The lowest BCUT2D eigenvalue weighted by Crippen LogP contribution is -2.31. The maximum atomic E-state index is 14.2. The van der Waals surface area contributed by atoms with Crippen molar-refractivity contribution in [2.75, 3.05) is 13.2 Å². The third-order valence-corrected chi connectivity index (χ3v) is 6.49. The number of hydrogen-bond donors (Lipinski definition) is 2. The number of amides is 1. The maximum Gasteiger partial charge on any atom is 0.412 e. The van der Waals surface area contributed by atoms with Crippen LogP contribution in [-0.4, -0.2) is 44.2 Å². The Bertz CT molecular complexity index is 1370. The average Bonchev–Trinajstić information content (AvgIpc) is 2.79. The molecule has 0 aromatic heterocycles. The highest BCUT2D eigenvalue weighted by Gasteiger charge is 2.34. The fourth-order valence-corrected chi connectivity index (χ4v) is 5.00. The molecule has 37 heavy (non-hydrogen) atoms. The van der Waals surface area contributed by atoms with Gasteiger partial charge < -0.3 is 19.5 Å². The summed E-state index contributed by atoms with van der Waals surface area (Å²) in [5.41, 5.74) is -0.229. The van der Waals surface area contributed by atoms with Crippen molar-refractivity contribution in [2.45, 2.75) is 11.8 Å². The summed E-state index contributed by atoms with van der Waals surface area (Å²) >= 11 is 3.30. The standard InChI is InChI=1S/C20H13F4I2NO9S/c1-7(2)18(28)34-4-3-27-20(30)36-15-9(25)5-8(6-10(15)26)19(29)35-16-11(21)13(23)17(37(31,32)33)14(24)12(16)22/h5-6H,1,3-4H2,2H3,(H,27,30)(H,31,32,33). The van der Waals surface area contributed by atoms with Gasteiger partial charge in [0.25, 0.3) is 0 Å². The Morgan fingerprint density at radius 2 is 1.49 bits per heavy atom. The summed E-state index contributed by atoms with van der Waals surface area (Å²) in [6, 6.07) is 2.11. The smallest absolute Gasteiger partial charge is 0.412 e. The second-order valence-corrected chi connectivity index (χ2v) is 10.5. The minimum absolute atomic E-state index is 0.0406. The van der Waals surface area contributed by atoms with Crippen LogP contribution in [0.25, 0.3) is 0 Å². The lowest BCUT2D eigenvalue weighted by Gasteiger charge is -2.13. The van der Waals surface area contributed by atoms with E-state index in [0.29, 0.717) is 0 Å². The molecule has 10 nitrogen and oxygen atoms in total. The Morgan fingerprint density at radius 3 is 1.95 bits per heavy atom. The first-order chi connectivity index (χ1) is 17.1. The van der Waals surface area contributed by atoms with Gasteiger partial charge in [0.2, 0.25) is 17.4 Å². The van der Waals surface area contributed by atoms with E-state index in [2.05, 4.69) is 16.6 Å². The number of hydrogen-bond acceptors (Lipinski definition) is 8. The molecule has 0 aliphatic heterocycles. The van der Waals surface area contributed by atoms with Crippen molar-refractivity contribution in [1.82, 2.24) is 5.32 Å². The van der Waals surface area contributed by atoms with E-state index in [1.165, 1.54) is 6.92 Å². The first-order valence-electron chi connectivity index (χ1n) is 9.39. The van der Waals surface area contributed by atoms with E-state index in [4.69, 9.17) is 14.0 Å². The lowest BCUT2D eigenvalue weighted by atomic mass is 10.2. The van der Waals surface area contributed by atoms with Crippen molar-refractivity contribution in [3.63, 3.8) is 0 Å². The number of benzene rings is 2. The fraction of sp³-hybridized carbons (Fsp3) is 0.150. The van der Waals surface area contributed by atoms with Crippen LogP contribution in [0.15, 0.2) is 29.2 Å². The molecule has 0 aliphatic carbocycles. The first-order valence-corrected chi connectivity index (χ1v) is 13.0. The molecule has 2 rings (SSSR count). The molecule has 2 N–H and O–H groups in total. The van der Waals surface area contributed by atoms with Crippen LogP contribution in [0.2, 0.25) is 0 Å². The van der Waals surface area contributed by atoms with Gasteiger partial charge >= 0.3 is 28.1 Å². The minimum Gasteiger partial charge on any atom is -0.460 e. The van der Waals surface area contributed by atoms with Crippen LogP contribution in [0.5, 0.6) is 11.5 Å². The van der Waals surface area contributed by atoms with E-state index < -0.39 is 67.6 Å². The zero-order chi connectivity index (χ0) is 28.2. The van der Waals surface area contributed by atoms with Crippen molar-refractivity contribution >= 4 is 73.3 Å². The summed E-state index contributed by atoms with van der Waals surface area (Å²) in [5.74, 6) is -13.9.